The maximum Gasteiger partial charge on any atom is 0.145 e. The molecule has 0 bridgehead atoms. The van der Waals surface area contributed by atoms with Crippen molar-refractivity contribution in [2.45, 2.75) is 26.8 Å². The molecule has 1 saturated heterocycles. The van der Waals surface area contributed by atoms with Gasteiger partial charge in [0, 0.05) is 37.8 Å². The van der Waals surface area contributed by atoms with E-state index in [-0.39, 0.29) is 41.8 Å². The van der Waals surface area contributed by atoms with Crippen LogP contribution in [0.1, 0.15) is 32.4 Å². The van der Waals surface area contributed by atoms with Gasteiger partial charge in [0.25, 0.3) is 0 Å². The van der Waals surface area contributed by atoms with Crippen molar-refractivity contribution >= 4 is 40.7 Å². The lowest BCUT2D eigenvalue weighted by atomic mass is 9.80. The summed E-state index contributed by atoms with van der Waals surface area (Å²) in [7, 11) is 0. The molecule has 1 aromatic carbocycles. The number of rotatable bonds is 2. The summed E-state index contributed by atoms with van der Waals surface area (Å²) in [4.78, 5) is 2.17. The van der Waals surface area contributed by atoms with Crippen molar-refractivity contribution in [3.8, 4) is 0 Å². The molecule has 0 aliphatic carbocycles. The smallest absolute Gasteiger partial charge is 0.145 e. The Hall–Kier alpha value is 0.0600. The highest BCUT2D eigenvalue weighted by Crippen LogP contribution is 2.41. The van der Waals surface area contributed by atoms with Gasteiger partial charge in [0.2, 0.25) is 0 Å². The van der Waals surface area contributed by atoms with Crippen LogP contribution in [0.2, 0.25) is 0 Å². The summed E-state index contributed by atoms with van der Waals surface area (Å²) in [6, 6.07) is 2.48. The molecule has 0 saturated carbocycles. The van der Waals surface area contributed by atoms with Crippen LogP contribution in [0, 0.1) is 17.0 Å². The molecule has 7 heteroatoms. The van der Waals surface area contributed by atoms with Crippen molar-refractivity contribution in [2.75, 3.05) is 26.2 Å². The largest absolute Gasteiger partial charge is 0.314 e. The molecular formula is C15H23BrCl2F2N2. The Kier molecular flexibility index (Phi) is 8.81. The minimum Gasteiger partial charge on any atom is -0.314 e. The van der Waals surface area contributed by atoms with Crippen molar-refractivity contribution in [2.24, 2.45) is 5.41 Å². The number of nitrogens with one attached hydrogen (secondary N) is 1. The van der Waals surface area contributed by atoms with Crippen molar-refractivity contribution in [1.82, 2.24) is 10.2 Å². The fourth-order valence-corrected chi connectivity index (χ4v) is 3.24. The zero-order valence-electron chi connectivity index (χ0n) is 13.0. The summed E-state index contributed by atoms with van der Waals surface area (Å²) in [5, 5.41) is 3.27. The second-order valence-electron chi connectivity index (χ2n) is 6.31. The molecule has 0 spiro atoms. The Morgan fingerprint density at radius 3 is 2.18 bits per heavy atom. The van der Waals surface area contributed by atoms with Crippen LogP contribution in [0.25, 0.3) is 0 Å². The summed E-state index contributed by atoms with van der Waals surface area (Å²) < 4.78 is 29.0. The molecule has 0 amide bonds. The van der Waals surface area contributed by atoms with Crippen LogP contribution in [-0.4, -0.2) is 31.1 Å². The van der Waals surface area contributed by atoms with Gasteiger partial charge < -0.3 is 5.32 Å². The summed E-state index contributed by atoms with van der Waals surface area (Å²) in [6.45, 7) is 9.38. The van der Waals surface area contributed by atoms with Gasteiger partial charge in [-0.1, -0.05) is 20.8 Å². The van der Waals surface area contributed by atoms with Crippen LogP contribution >= 0.6 is 40.7 Å². The van der Waals surface area contributed by atoms with E-state index in [9.17, 15) is 8.78 Å². The molecule has 1 N–H and O–H groups in total. The molecule has 1 aliphatic rings. The number of piperazine rings is 1. The molecule has 22 heavy (non-hydrogen) atoms. The van der Waals surface area contributed by atoms with E-state index in [4.69, 9.17) is 0 Å². The quantitative estimate of drug-likeness (QED) is 0.706. The fraction of sp³-hybridized carbons (Fsp3) is 0.600. The first-order chi connectivity index (χ1) is 9.32. The van der Waals surface area contributed by atoms with Crippen LogP contribution in [0.5, 0.6) is 0 Å². The van der Waals surface area contributed by atoms with E-state index in [1.165, 1.54) is 12.1 Å². The average molecular weight is 420 g/mol. The van der Waals surface area contributed by atoms with Gasteiger partial charge in [-0.05, 0) is 33.5 Å². The van der Waals surface area contributed by atoms with Gasteiger partial charge in [-0.2, -0.15) is 0 Å². The van der Waals surface area contributed by atoms with Crippen LogP contribution in [0.15, 0.2) is 16.6 Å². The Balaban J connectivity index is 0.00000220. The van der Waals surface area contributed by atoms with Gasteiger partial charge in [-0.25, -0.2) is 8.78 Å². The van der Waals surface area contributed by atoms with Gasteiger partial charge in [-0.3, -0.25) is 4.90 Å². The van der Waals surface area contributed by atoms with Crippen LogP contribution < -0.4 is 5.32 Å². The molecule has 2 rings (SSSR count). The third-order valence-corrected chi connectivity index (χ3v) is 4.30. The second kappa shape index (κ2) is 8.78. The standard InChI is InChI=1S/C15H21BrF2N2.2ClH/c1-15(2,3)14(20-8-6-19-7-9-20)12-11(17)5-4-10(16)13(12)18;;/h4-5,14,19H,6-9H2,1-3H3;2*1H/t14-;;/m1../s1. The summed E-state index contributed by atoms with van der Waals surface area (Å²) in [5.74, 6) is -0.951. The molecule has 0 unspecified atom stereocenters. The Morgan fingerprint density at radius 1 is 1.14 bits per heavy atom. The number of benzene rings is 1. The molecule has 128 valence electrons. The predicted octanol–water partition coefficient (Wildman–Crippen LogP) is 4.56. The van der Waals surface area contributed by atoms with Crippen LogP contribution in [0.4, 0.5) is 8.78 Å². The highest BCUT2D eigenvalue weighted by Gasteiger charge is 2.36. The highest BCUT2D eigenvalue weighted by molar-refractivity contribution is 9.10. The number of hydrogen-bond acceptors (Lipinski definition) is 2. The summed E-state index contributed by atoms with van der Waals surface area (Å²) in [6.07, 6.45) is 0. The van der Waals surface area contributed by atoms with E-state index in [1.54, 1.807) is 0 Å². The fourth-order valence-electron chi connectivity index (χ4n) is 2.90. The first kappa shape index (κ1) is 22.1. The molecular weight excluding hydrogens is 397 g/mol. The average Bonchev–Trinajstić information content (AvgIpc) is 2.39. The predicted molar refractivity (Wildman–Crippen MR) is 95.2 cm³/mol. The topological polar surface area (TPSA) is 15.3 Å². The SMILES string of the molecule is CC(C)(C)[C@@H](c1c(F)ccc(Br)c1F)N1CCNCC1.Cl.Cl. The zero-order valence-corrected chi connectivity index (χ0v) is 16.2. The van der Waals surface area contributed by atoms with Crippen LogP contribution in [0.3, 0.4) is 0 Å². The van der Waals surface area contributed by atoms with E-state index in [2.05, 4.69) is 26.1 Å². The lowest BCUT2D eigenvalue weighted by Gasteiger charge is -2.42. The van der Waals surface area contributed by atoms with Crippen molar-refractivity contribution in [1.29, 1.82) is 0 Å². The number of nitrogens with zero attached hydrogens (tertiary/aromatic N) is 1. The first-order valence-electron chi connectivity index (χ1n) is 6.90. The van der Waals surface area contributed by atoms with Crippen LogP contribution in [-0.2, 0) is 0 Å². The molecule has 1 heterocycles. The Labute approximate surface area is 152 Å². The second-order valence-corrected chi connectivity index (χ2v) is 7.17. The molecule has 1 aliphatic heterocycles. The maximum atomic E-state index is 14.5. The number of halogens is 5. The summed E-state index contributed by atoms with van der Waals surface area (Å²) >= 11 is 3.17. The Morgan fingerprint density at radius 2 is 1.68 bits per heavy atom. The molecule has 2 nitrogen and oxygen atoms in total. The van der Waals surface area contributed by atoms with Crippen molar-refractivity contribution < 1.29 is 8.78 Å². The molecule has 1 atom stereocenters. The lowest BCUT2D eigenvalue weighted by molar-refractivity contribution is 0.0803. The van der Waals surface area contributed by atoms with Gasteiger partial charge >= 0.3 is 0 Å². The zero-order chi connectivity index (χ0) is 14.9. The van der Waals surface area contributed by atoms with Crippen molar-refractivity contribution in [3.63, 3.8) is 0 Å². The van der Waals surface area contributed by atoms with Gasteiger partial charge in [0.05, 0.1) is 4.47 Å². The molecule has 0 aromatic heterocycles. The van der Waals surface area contributed by atoms with Crippen molar-refractivity contribution in [3.05, 3.63) is 33.8 Å². The Bertz CT molecular complexity index is 489. The normalized spacial score (nSPS) is 17.4. The van der Waals surface area contributed by atoms with E-state index >= 15 is 0 Å². The maximum absolute atomic E-state index is 14.5. The third-order valence-electron chi connectivity index (χ3n) is 3.69. The molecule has 0 radical (unpaired) electrons. The lowest BCUT2D eigenvalue weighted by Crippen LogP contribution is -2.48. The third kappa shape index (κ3) is 4.78. The van der Waals surface area contributed by atoms with E-state index in [1.807, 2.05) is 20.8 Å². The molecule has 1 fully saturated rings. The van der Waals surface area contributed by atoms with E-state index in [0.29, 0.717) is 4.47 Å². The minimum atomic E-state index is -0.483. The highest BCUT2D eigenvalue weighted by atomic mass is 79.9. The monoisotopic (exact) mass is 418 g/mol. The van der Waals surface area contributed by atoms with Gasteiger partial charge in [0.15, 0.2) is 0 Å². The molecule has 1 aromatic rings. The van der Waals surface area contributed by atoms with E-state index < -0.39 is 11.6 Å². The first-order valence-corrected chi connectivity index (χ1v) is 7.70. The van der Waals surface area contributed by atoms with Gasteiger partial charge in [0.1, 0.15) is 11.6 Å². The minimum absolute atomic E-state index is 0. The van der Waals surface area contributed by atoms with Gasteiger partial charge in [-0.15, -0.1) is 24.8 Å². The van der Waals surface area contributed by atoms with E-state index in [0.717, 1.165) is 26.2 Å². The summed E-state index contributed by atoms with van der Waals surface area (Å²) in [5.41, 5.74) is -0.0754. The number of hydrogen-bond donors (Lipinski definition) is 1.